The molecule has 0 rings (SSSR count). The lowest BCUT2D eigenvalue weighted by Crippen LogP contribution is -2.34. The summed E-state index contributed by atoms with van der Waals surface area (Å²) < 4.78 is 0. The Morgan fingerprint density at radius 1 is 1.35 bits per heavy atom. The Kier molecular flexibility index (Phi) is 9.22. The van der Waals surface area contributed by atoms with E-state index < -0.39 is 0 Å². The normalized spacial score (nSPS) is 11.3. The third-order valence-electron chi connectivity index (χ3n) is 2.09. The smallest absolute Gasteiger partial charge is 0.232 e. The molecule has 0 aliphatic carbocycles. The molecular weight excluding hydrogens is 238 g/mol. The predicted octanol–water partition coefficient (Wildman–Crippen LogP) is 0.756. The average molecular weight is 255 g/mol. The number of aliphatic hydroxyl groups excluding tert-OH is 1. The molecule has 0 aromatic rings. The fraction of sp³-hybridized carbons (Fsp3) is 0.727. The highest BCUT2D eigenvalue weighted by atomic mass is 32.2. The number of thioether (sulfide) groups is 1. The van der Waals surface area contributed by atoms with Gasteiger partial charge in [0, 0.05) is 18.3 Å². The van der Waals surface area contributed by atoms with Crippen LogP contribution in [-0.4, -0.2) is 46.6 Å². The van der Waals surface area contributed by atoms with Crippen LogP contribution in [0.2, 0.25) is 0 Å². The van der Waals surface area contributed by atoms with Crippen molar-refractivity contribution < 1.29 is 9.90 Å². The first-order valence-electron chi connectivity index (χ1n) is 5.39. The average Bonchev–Trinajstić information content (AvgIpc) is 2.35. The Hall–Kier alpha value is -1.24. The number of amides is 1. The number of rotatable bonds is 8. The van der Waals surface area contributed by atoms with Gasteiger partial charge in [0.2, 0.25) is 5.91 Å². The lowest BCUT2D eigenvalue weighted by Gasteiger charge is -2.20. The Morgan fingerprint density at radius 2 is 1.88 bits per heavy atom. The van der Waals surface area contributed by atoms with Gasteiger partial charge in [-0.15, -0.1) is 11.8 Å². The number of carbonyl (C=O) groups is 1. The van der Waals surface area contributed by atoms with Gasteiger partial charge in [-0.3, -0.25) is 4.79 Å². The number of carbonyl (C=O) groups excluding carboxylic acids is 1. The lowest BCUT2D eigenvalue weighted by atomic mass is 10.3. The molecule has 6 heteroatoms. The number of aliphatic hydroxyl groups is 1. The van der Waals surface area contributed by atoms with Crippen molar-refractivity contribution in [2.45, 2.75) is 25.0 Å². The standard InChI is InChI=1S/C11H17N3O2S/c1-10(8-15)17-9-11(16)14(6-2-4-12)7-3-5-13/h10,15H,2-3,6-9H2,1H3. The molecule has 17 heavy (non-hydrogen) atoms. The van der Waals surface area contributed by atoms with Crippen LogP contribution in [0, 0.1) is 22.7 Å². The van der Waals surface area contributed by atoms with Gasteiger partial charge in [0.25, 0.3) is 0 Å². The fourth-order valence-corrected chi connectivity index (χ4v) is 1.80. The van der Waals surface area contributed by atoms with E-state index in [-0.39, 0.29) is 36.4 Å². The number of hydrogen-bond donors (Lipinski definition) is 1. The highest BCUT2D eigenvalue weighted by molar-refractivity contribution is 8.00. The van der Waals surface area contributed by atoms with Crippen LogP contribution in [0.3, 0.4) is 0 Å². The van der Waals surface area contributed by atoms with Crippen molar-refractivity contribution in [3.05, 3.63) is 0 Å². The summed E-state index contributed by atoms with van der Waals surface area (Å²) in [7, 11) is 0. The van der Waals surface area contributed by atoms with E-state index in [1.165, 1.54) is 16.7 Å². The van der Waals surface area contributed by atoms with Crippen LogP contribution in [0.1, 0.15) is 19.8 Å². The Morgan fingerprint density at radius 3 is 2.29 bits per heavy atom. The molecule has 0 aromatic heterocycles. The van der Waals surface area contributed by atoms with Crippen molar-refractivity contribution in [3.63, 3.8) is 0 Å². The van der Waals surface area contributed by atoms with E-state index in [0.29, 0.717) is 13.1 Å². The van der Waals surface area contributed by atoms with Crippen molar-refractivity contribution in [2.75, 3.05) is 25.4 Å². The molecule has 5 nitrogen and oxygen atoms in total. The summed E-state index contributed by atoms with van der Waals surface area (Å²) in [6.07, 6.45) is 0.550. The van der Waals surface area contributed by atoms with E-state index in [1.54, 1.807) is 0 Å². The molecule has 1 unspecified atom stereocenters. The highest BCUT2D eigenvalue weighted by Gasteiger charge is 2.14. The number of hydrogen-bond acceptors (Lipinski definition) is 5. The van der Waals surface area contributed by atoms with Gasteiger partial charge < -0.3 is 10.0 Å². The van der Waals surface area contributed by atoms with Crippen LogP contribution in [0.15, 0.2) is 0 Å². The molecule has 0 aromatic carbocycles. The van der Waals surface area contributed by atoms with Gasteiger partial charge in [0.15, 0.2) is 0 Å². The molecular formula is C11H17N3O2S. The fourth-order valence-electron chi connectivity index (χ4n) is 1.09. The minimum absolute atomic E-state index is 0.0210. The number of nitriles is 2. The highest BCUT2D eigenvalue weighted by Crippen LogP contribution is 2.10. The lowest BCUT2D eigenvalue weighted by molar-refractivity contribution is -0.128. The summed E-state index contributed by atoms with van der Waals surface area (Å²) in [4.78, 5) is 13.3. The van der Waals surface area contributed by atoms with Crippen molar-refractivity contribution in [3.8, 4) is 12.1 Å². The van der Waals surface area contributed by atoms with E-state index >= 15 is 0 Å². The van der Waals surface area contributed by atoms with E-state index in [1.807, 2.05) is 19.1 Å². The summed E-state index contributed by atoms with van der Waals surface area (Å²) in [6, 6.07) is 3.96. The predicted molar refractivity (Wildman–Crippen MR) is 66.0 cm³/mol. The Bertz CT molecular complexity index is 291. The molecule has 0 heterocycles. The Balaban J connectivity index is 4.13. The van der Waals surface area contributed by atoms with Gasteiger partial charge in [-0.2, -0.15) is 10.5 Å². The molecule has 94 valence electrons. The van der Waals surface area contributed by atoms with E-state index in [0.717, 1.165) is 0 Å². The van der Waals surface area contributed by atoms with Gasteiger partial charge in [-0.1, -0.05) is 6.92 Å². The van der Waals surface area contributed by atoms with Crippen LogP contribution in [0.25, 0.3) is 0 Å². The van der Waals surface area contributed by atoms with Crippen LogP contribution in [0.5, 0.6) is 0 Å². The van der Waals surface area contributed by atoms with Crippen molar-refractivity contribution in [2.24, 2.45) is 0 Å². The molecule has 1 amide bonds. The largest absolute Gasteiger partial charge is 0.395 e. The maximum Gasteiger partial charge on any atom is 0.232 e. The molecule has 0 aliphatic heterocycles. The minimum atomic E-state index is -0.0826. The summed E-state index contributed by atoms with van der Waals surface area (Å²) in [6.45, 7) is 2.61. The molecule has 0 saturated carbocycles. The zero-order valence-corrected chi connectivity index (χ0v) is 10.7. The molecule has 0 fully saturated rings. The Labute approximate surface area is 106 Å². The maximum atomic E-state index is 11.8. The van der Waals surface area contributed by atoms with Gasteiger partial charge >= 0.3 is 0 Å². The number of nitrogens with zero attached hydrogens (tertiary/aromatic N) is 3. The van der Waals surface area contributed by atoms with E-state index in [2.05, 4.69) is 0 Å². The third-order valence-corrected chi connectivity index (χ3v) is 3.22. The molecule has 0 radical (unpaired) electrons. The first-order chi connectivity index (χ1) is 8.15. The molecule has 0 saturated heterocycles. The second-order valence-corrected chi connectivity index (χ2v) is 4.93. The van der Waals surface area contributed by atoms with Crippen LogP contribution in [-0.2, 0) is 4.79 Å². The molecule has 1 atom stereocenters. The van der Waals surface area contributed by atoms with E-state index in [9.17, 15) is 4.79 Å². The van der Waals surface area contributed by atoms with Crippen molar-refractivity contribution >= 4 is 17.7 Å². The second kappa shape index (κ2) is 9.95. The zero-order chi connectivity index (χ0) is 13.1. The van der Waals surface area contributed by atoms with Crippen LogP contribution in [0.4, 0.5) is 0 Å². The quantitative estimate of drug-likeness (QED) is 0.691. The van der Waals surface area contributed by atoms with Crippen LogP contribution < -0.4 is 0 Å². The summed E-state index contributed by atoms with van der Waals surface area (Å²) in [5.74, 6) is 0.194. The topological polar surface area (TPSA) is 88.1 Å². The van der Waals surface area contributed by atoms with Gasteiger partial charge in [0.1, 0.15) is 0 Å². The summed E-state index contributed by atoms with van der Waals surface area (Å²) in [5.41, 5.74) is 0. The zero-order valence-electron chi connectivity index (χ0n) is 9.93. The summed E-state index contributed by atoms with van der Waals surface area (Å²) in [5, 5.41) is 25.8. The molecule has 0 spiro atoms. The van der Waals surface area contributed by atoms with Crippen molar-refractivity contribution in [1.29, 1.82) is 10.5 Å². The van der Waals surface area contributed by atoms with Gasteiger partial charge in [0.05, 0.1) is 37.3 Å². The van der Waals surface area contributed by atoms with E-state index in [4.69, 9.17) is 15.6 Å². The van der Waals surface area contributed by atoms with Crippen molar-refractivity contribution in [1.82, 2.24) is 4.90 Å². The maximum absolute atomic E-state index is 11.8. The molecule has 0 bridgehead atoms. The minimum Gasteiger partial charge on any atom is -0.395 e. The van der Waals surface area contributed by atoms with Crippen LogP contribution >= 0.6 is 11.8 Å². The monoisotopic (exact) mass is 255 g/mol. The second-order valence-electron chi connectivity index (χ2n) is 3.50. The third kappa shape index (κ3) is 7.62. The molecule has 1 N–H and O–H groups in total. The first kappa shape index (κ1) is 15.8. The van der Waals surface area contributed by atoms with Gasteiger partial charge in [-0.25, -0.2) is 0 Å². The van der Waals surface area contributed by atoms with Gasteiger partial charge in [-0.05, 0) is 0 Å². The SMILES string of the molecule is CC(CO)SCC(=O)N(CCC#N)CCC#N. The summed E-state index contributed by atoms with van der Waals surface area (Å²) >= 11 is 1.37. The first-order valence-corrected chi connectivity index (χ1v) is 6.44. The molecule has 0 aliphatic rings.